The molecular formula is C28H31Cl2N3O4S. The van der Waals surface area contributed by atoms with Crippen molar-refractivity contribution in [2.75, 3.05) is 32.6 Å². The zero-order valence-corrected chi connectivity index (χ0v) is 24.0. The third kappa shape index (κ3) is 7.34. The average molecular weight is 577 g/mol. The smallest absolute Gasteiger partial charge is 0.322 e. The van der Waals surface area contributed by atoms with Gasteiger partial charge in [0.2, 0.25) is 5.91 Å². The zero-order valence-electron chi connectivity index (χ0n) is 21.6. The summed E-state index contributed by atoms with van der Waals surface area (Å²) in [7, 11) is 3.20. The number of hydrogen-bond donors (Lipinski definition) is 1. The van der Waals surface area contributed by atoms with Crippen molar-refractivity contribution in [1.29, 1.82) is 0 Å². The Labute approximate surface area is 237 Å². The van der Waals surface area contributed by atoms with Gasteiger partial charge in [0.1, 0.15) is 6.54 Å². The van der Waals surface area contributed by atoms with Crippen LogP contribution in [0.5, 0.6) is 11.5 Å². The number of amides is 3. The molecule has 3 aromatic rings. The van der Waals surface area contributed by atoms with E-state index in [1.54, 1.807) is 48.7 Å². The summed E-state index contributed by atoms with van der Waals surface area (Å²) in [4.78, 5) is 32.5. The number of benzene rings is 2. The van der Waals surface area contributed by atoms with Gasteiger partial charge in [0, 0.05) is 28.0 Å². The highest BCUT2D eigenvalue weighted by atomic mass is 35.5. The first-order valence-corrected chi connectivity index (χ1v) is 13.9. The Morgan fingerprint density at radius 2 is 1.76 bits per heavy atom. The number of halogens is 2. The van der Waals surface area contributed by atoms with Gasteiger partial charge in [-0.2, -0.15) is 0 Å². The Balaban J connectivity index is 1.47. The van der Waals surface area contributed by atoms with E-state index in [9.17, 15) is 9.59 Å². The van der Waals surface area contributed by atoms with Crippen molar-refractivity contribution in [3.05, 3.63) is 73.9 Å². The maximum Gasteiger partial charge on any atom is 0.322 e. The number of anilines is 1. The lowest BCUT2D eigenvalue weighted by Gasteiger charge is -2.28. The highest BCUT2D eigenvalue weighted by molar-refractivity contribution is 7.11. The van der Waals surface area contributed by atoms with Crippen LogP contribution in [0.15, 0.2) is 48.5 Å². The Morgan fingerprint density at radius 1 is 1.00 bits per heavy atom. The second-order valence-corrected chi connectivity index (χ2v) is 11.4. The molecule has 1 aromatic heterocycles. The van der Waals surface area contributed by atoms with E-state index >= 15 is 0 Å². The second kappa shape index (κ2) is 12.7. The van der Waals surface area contributed by atoms with Gasteiger partial charge in [-0.25, -0.2) is 4.79 Å². The summed E-state index contributed by atoms with van der Waals surface area (Å²) in [5.74, 6) is 1.20. The van der Waals surface area contributed by atoms with Gasteiger partial charge in [-0.3, -0.25) is 4.79 Å². The average Bonchev–Trinajstić information content (AvgIpc) is 3.67. The van der Waals surface area contributed by atoms with Gasteiger partial charge in [-0.1, -0.05) is 29.3 Å². The van der Waals surface area contributed by atoms with Gasteiger partial charge < -0.3 is 24.6 Å². The molecule has 7 nitrogen and oxygen atoms in total. The number of nitrogens with zero attached hydrogens (tertiary/aromatic N) is 2. The molecule has 1 saturated carbocycles. The van der Waals surface area contributed by atoms with Gasteiger partial charge in [0.15, 0.2) is 11.5 Å². The molecule has 0 atom stereocenters. The number of urea groups is 1. The fraction of sp³-hybridized carbons (Fsp3) is 0.357. The first-order chi connectivity index (χ1) is 18.3. The fourth-order valence-corrected chi connectivity index (χ4v) is 5.32. The summed E-state index contributed by atoms with van der Waals surface area (Å²) in [6.45, 7) is 3.02. The molecule has 0 bridgehead atoms. The minimum absolute atomic E-state index is 0.00584. The number of aryl methyl sites for hydroxylation is 1. The number of rotatable bonds is 11. The Bertz CT molecular complexity index is 1290. The molecule has 10 heteroatoms. The van der Waals surface area contributed by atoms with Crippen molar-refractivity contribution >= 4 is 52.2 Å². The van der Waals surface area contributed by atoms with Gasteiger partial charge in [0.05, 0.1) is 30.8 Å². The maximum absolute atomic E-state index is 13.6. The predicted molar refractivity (Wildman–Crippen MR) is 153 cm³/mol. The van der Waals surface area contributed by atoms with Crippen LogP contribution in [-0.2, 0) is 17.8 Å². The largest absolute Gasteiger partial charge is 0.493 e. The summed E-state index contributed by atoms with van der Waals surface area (Å²) in [5, 5.41) is 3.62. The van der Waals surface area contributed by atoms with Crippen molar-refractivity contribution < 1.29 is 19.1 Å². The van der Waals surface area contributed by atoms with Gasteiger partial charge in [-0.05, 0) is 74.2 Å². The molecule has 1 fully saturated rings. The lowest BCUT2D eigenvalue weighted by Crippen LogP contribution is -2.45. The molecule has 0 spiro atoms. The SMILES string of the molecule is COc1ccc(CCN(Cc2ccc(C)s2)C(=O)CN(C(=O)Nc2ccc(Cl)c(Cl)c2)C2CC2)cc1OC. The summed E-state index contributed by atoms with van der Waals surface area (Å²) in [6.07, 6.45) is 2.38. The number of carbonyl (C=O) groups is 2. The van der Waals surface area contributed by atoms with E-state index in [1.807, 2.05) is 36.1 Å². The predicted octanol–water partition coefficient (Wildman–Crippen LogP) is 6.65. The van der Waals surface area contributed by atoms with Gasteiger partial charge in [-0.15, -0.1) is 11.3 Å². The third-order valence-corrected chi connectivity index (χ3v) is 8.06. The molecule has 3 amide bonds. The molecule has 38 heavy (non-hydrogen) atoms. The molecule has 2 aromatic carbocycles. The lowest BCUT2D eigenvalue weighted by atomic mass is 10.1. The van der Waals surface area contributed by atoms with Crippen molar-refractivity contribution in [1.82, 2.24) is 9.80 Å². The van der Waals surface area contributed by atoms with E-state index in [0.29, 0.717) is 46.7 Å². The quantitative estimate of drug-likeness (QED) is 0.278. The van der Waals surface area contributed by atoms with Crippen molar-refractivity contribution in [2.24, 2.45) is 0 Å². The number of methoxy groups -OCH3 is 2. The van der Waals surface area contributed by atoms with Crippen LogP contribution in [0.1, 0.15) is 28.2 Å². The van der Waals surface area contributed by atoms with Crippen LogP contribution in [0.2, 0.25) is 10.0 Å². The Hall–Kier alpha value is -2.94. The minimum Gasteiger partial charge on any atom is -0.493 e. The molecule has 1 aliphatic rings. The van der Waals surface area contributed by atoms with Crippen LogP contribution in [-0.4, -0.2) is 55.1 Å². The van der Waals surface area contributed by atoms with Gasteiger partial charge >= 0.3 is 6.03 Å². The van der Waals surface area contributed by atoms with E-state index in [0.717, 1.165) is 23.3 Å². The van der Waals surface area contributed by atoms with Crippen molar-refractivity contribution in [3.63, 3.8) is 0 Å². The maximum atomic E-state index is 13.6. The van der Waals surface area contributed by atoms with Crippen LogP contribution < -0.4 is 14.8 Å². The monoisotopic (exact) mass is 575 g/mol. The van der Waals surface area contributed by atoms with E-state index in [4.69, 9.17) is 32.7 Å². The number of ether oxygens (including phenoxy) is 2. The van der Waals surface area contributed by atoms with Gasteiger partial charge in [0.25, 0.3) is 0 Å². The molecule has 4 rings (SSSR count). The molecule has 1 aliphatic carbocycles. The van der Waals surface area contributed by atoms with Crippen LogP contribution in [0.25, 0.3) is 0 Å². The van der Waals surface area contributed by atoms with E-state index in [-0.39, 0.29) is 24.5 Å². The molecule has 0 aliphatic heterocycles. The van der Waals surface area contributed by atoms with E-state index < -0.39 is 0 Å². The topological polar surface area (TPSA) is 71.1 Å². The molecule has 1 N–H and O–H groups in total. The standard InChI is InChI=1S/C28H31Cl2N3O4S/c1-18-4-9-22(38-18)16-32(13-12-19-5-11-25(36-2)26(14-19)37-3)27(34)17-33(21-7-8-21)28(35)31-20-6-10-23(29)24(30)15-20/h4-6,9-11,14-15,21H,7-8,12-13,16-17H2,1-3H3,(H,31,35). The Kier molecular flexibility index (Phi) is 9.41. The number of carbonyl (C=O) groups excluding carboxylic acids is 2. The van der Waals surface area contributed by atoms with Crippen LogP contribution in [0.3, 0.4) is 0 Å². The highest BCUT2D eigenvalue weighted by Crippen LogP contribution is 2.30. The molecule has 0 radical (unpaired) electrons. The second-order valence-electron chi connectivity index (χ2n) is 9.19. The summed E-state index contributed by atoms with van der Waals surface area (Å²) in [6, 6.07) is 14.5. The molecule has 1 heterocycles. The first-order valence-electron chi connectivity index (χ1n) is 12.3. The fourth-order valence-electron chi connectivity index (χ4n) is 4.12. The van der Waals surface area contributed by atoms with Crippen LogP contribution >= 0.6 is 34.5 Å². The highest BCUT2D eigenvalue weighted by Gasteiger charge is 2.35. The number of hydrogen-bond acceptors (Lipinski definition) is 5. The number of thiophene rings is 1. The Morgan fingerprint density at radius 3 is 2.39 bits per heavy atom. The molecule has 0 saturated heterocycles. The summed E-state index contributed by atoms with van der Waals surface area (Å²) in [5.41, 5.74) is 1.56. The zero-order chi connectivity index (χ0) is 27.2. The first kappa shape index (κ1) is 28.1. The van der Waals surface area contributed by atoms with E-state index in [2.05, 4.69) is 11.4 Å². The molecular weight excluding hydrogens is 545 g/mol. The third-order valence-electron chi connectivity index (χ3n) is 6.34. The normalized spacial score (nSPS) is 12.7. The lowest BCUT2D eigenvalue weighted by molar-refractivity contribution is -0.132. The minimum atomic E-state index is -0.328. The van der Waals surface area contributed by atoms with Crippen molar-refractivity contribution in [2.45, 2.75) is 38.8 Å². The molecule has 0 unspecified atom stereocenters. The van der Waals surface area contributed by atoms with Crippen molar-refractivity contribution in [3.8, 4) is 11.5 Å². The van der Waals surface area contributed by atoms with Crippen LogP contribution in [0, 0.1) is 6.92 Å². The number of nitrogens with one attached hydrogen (secondary N) is 1. The van der Waals surface area contributed by atoms with Crippen LogP contribution in [0.4, 0.5) is 10.5 Å². The molecule has 202 valence electrons. The van der Waals surface area contributed by atoms with E-state index in [1.165, 1.54) is 4.88 Å². The summed E-state index contributed by atoms with van der Waals surface area (Å²) >= 11 is 13.8. The summed E-state index contributed by atoms with van der Waals surface area (Å²) < 4.78 is 10.8.